The van der Waals surface area contributed by atoms with Crippen LogP contribution in [0.3, 0.4) is 0 Å². The third-order valence-corrected chi connectivity index (χ3v) is 5.46. The number of ether oxygens (including phenoxy) is 1. The molecule has 0 heterocycles. The molecule has 0 N–H and O–H groups in total. The second-order valence-corrected chi connectivity index (χ2v) is 9.12. The molecule has 0 rings (SSSR count). The molecule has 0 unspecified atom stereocenters. The predicted molar refractivity (Wildman–Crippen MR) is 68.0 cm³/mol. The molecule has 0 fully saturated rings. The van der Waals surface area contributed by atoms with Gasteiger partial charge in [-0.2, -0.15) is 0 Å². The van der Waals surface area contributed by atoms with Gasteiger partial charge in [0.05, 0.1) is 13.5 Å². The highest BCUT2D eigenvalue weighted by Gasteiger charge is 2.19. The molecule has 0 radical (unpaired) electrons. The van der Waals surface area contributed by atoms with Gasteiger partial charge in [-0.15, -0.1) is 0 Å². The molecule has 0 aromatic rings. The molecule has 4 nitrogen and oxygen atoms in total. The van der Waals surface area contributed by atoms with E-state index in [9.17, 15) is 4.79 Å². The largest absolute Gasteiger partial charge is 0.469 e. The van der Waals surface area contributed by atoms with Gasteiger partial charge in [0.2, 0.25) is 0 Å². The van der Waals surface area contributed by atoms with Crippen molar-refractivity contribution in [3.8, 4) is 0 Å². The van der Waals surface area contributed by atoms with Crippen LogP contribution in [0.25, 0.3) is 0 Å². The van der Waals surface area contributed by atoms with Crippen molar-refractivity contribution >= 4 is 14.3 Å². The Morgan fingerprint density at radius 1 is 1.25 bits per heavy atom. The highest BCUT2D eigenvalue weighted by molar-refractivity contribution is 6.71. The minimum Gasteiger partial charge on any atom is -0.469 e. The molecule has 0 saturated heterocycles. The Balaban J connectivity index is 3.58. The second-order valence-electron chi connectivity index (χ2n) is 4.70. The van der Waals surface area contributed by atoms with E-state index >= 15 is 0 Å². The van der Waals surface area contributed by atoms with Crippen LogP contribution in [0.4, 0.5) is 0 Å². The highest BCUT2D eigenvalue weighted by atomic mass is 28.4. The van der Waals surface area contributed by atoms with E-state index in [0.29, 0.717) is 6.42 Å². The van der Waals surface area contributed by atoms with Gasteiger partial charge in [0.1, 0.15) is 0 Å². The van der Waals surface area contributed by atoms with Gasteiger partial charge in [0.25, 0.3) is 0 Å². The monoisotopic (exact) mass is 247 g/mol. The van der Waals surface area contributed by atoms with Crippen LogP contribution in [-0.2, 0) is 14.0 Å². The molecule has 0 saturated carbocycles. The van der Waals surface area contributed by atoms with Gasteiger partial charge in [-0.25, -0.2) is 0 Å². The minimum atomic E-state index is -1.41. The highest BCUT2D eigenvalue weighted by Crippen LogP contribution is 2.12. The molecular weight excluding hydrogens is 222 g/mol. The number of rotatable bonds is 8. The predicted octanol–water partition coefficient (Wildman–Crippen LogP) is 1.72. The fourth-order valence-electron chi connectivity index (χ4n) is 1.37. The van der Waals surface area contributed by atoms with E-state index < -0.39 is 8.32 Å². The van der Waals surface area contributed by atoms with Crippen LogP contribution in [0.2, 0.25) is 19.1 Å². The Labute approximate surface area is 100 Å². The van der Waals surface area contributed by atoms with Crippen LogP contribution in [0, 0.1) is 0 Å². The number of methoxy groups -OCH3 is 1. The Bertz CT molecular complexity index is 209. The lowest BCUT2D eigenvalue weighted by Gasteiger charge is -2.22. The van der Waals surface area contributed by atoms with Crippen molar-refractivity contribution in [3.05, 3.63) is 0 Å². The zero-order chi connectivity index (χ0) is 12.6. The average molecular weight is 247 g/mol. The van der Waals surface area contributed by atoms with Crippen LogP contribution in [0.15, 0.2) is 0 Å². The molecular formula is C11H25NO3Si. The van der Waals surface area contributed by atoms with E-state index in [4.69, 9.17) is 4.43 Å². The van der Waals surface area contributed by atoms with Gasteiger partial charge in [0.15, 0.2) is 8.32 Å². The summed E-state index contributed by atoms with van der Waals surface area (Å²) in [5.74, 6) is -0.140. The summed E-state index contributed by atoms with van der Waals surface area (Å²) < 4.78 is 10.1. The number of esters is 1. The first-order chi connectivity index (χ1) is 7.41. The number of nitrogens with zero attached hydrogens (tertiary/aromatic N) is 1. The topological polar surface area (TPSA) is 38.8 Å². The van der Waals surface area contributed by atoms with Gasteiger partial charge in [0, 0.05) is 13.7 Å². The van der Waals surface area contributed by atoms with E-state index in [1.165, 1.54) is 7.11 Å². The van der Waals surface area contributed by atoms with Crippen LogP contribution in [0.5, 0.6) is 0 Å². The van der Waals surface area contributed by atoms with Crippen LogP contribution < -0.4 is 0 Å². The Hall–Kier alpha value is -0.393. The van der Waals surface area contributed by atoms with E-state index in [2.05, 4.69) is 22.7 Å². The van der Waals surface area contributed by atoms with Crippen molar-refractivity contribution < 1.29 is 14.0 Å². The fourth-order valence-corrected chi connectivity index (χ4v) is 2.59. The maximum atomic E-state index is 10.9. The quantitative estimate of drug-likeness (QED) is 0.483. The number of hydrogen-bond donors (Lipinski definition) is 0. The number of carbonyl (C=O) groups excluding carboxylic acids is 1. The molecule has 0 aliphatic carbocycles. The summed E-state index contributed by atoms with van der Waals surface area (Å²) in [6, 6.07) is 1.16. The van der Waals surface area contributed by atoms with Gasteiger partial charge in [-0.05, 0) is 39.2 Å². The maximum Gasteiger partial charge on any atom is 0.306 e. The third kappa shape index (κ3) is 7.84. The van der Waals surface area contributed by atoms with Crippen LogP contribution >= 0.6 is 0 Å². The van der Waals surface area contributed by atoms with E-state index in [1.807, 2.05) is 7.05 Å². The summed E-state index contributed by atoms with van der Waals surface area (Å²) in [7, 11) is 3.84. The summed E-state index contributed by atoms with van der Waals surface area (Å²) in [4.78, 5) is 13.1. The number of hydrogen-bond acceptors (Lipinski definition) is 4. The van der Waals surface area contributed by atoms with E-state index in [0.717, 1.165) is 25.6 Å². The van der Waals surface area contributed by atoms with Crippen molar-refractivity contribution in [3.63, 3.8) is 0 Å². The molecule has 0 aliphatic heterocycles. The molecule has 16 heavy (non-hydrogen) atoms. The van der Waals surface area contributed by atoms with Gasteiger partial charge < -0.3 is 14.1 Å². The lowest BCUT2D eigenvalue weighted by atomic mass is 10.3. The fraction of sp³-hybridized carbons (Fsp3) is 0.909. The molecule has 96 valence electrons. The Morgan fingerprint density at radius 2 is 1.88 bits per heavy atom. The van der Waals surface area contributed by atoms with Crippen LogP contribution in [0.1, 0.15) is 12.8 Å². The summed E-state index contributed by atoms with van der Waals surface area (Å²) in [6.07, 6.45) is 1.60. The SMILES string of the molecule is COC(=O)CCN(C)CCC[Si](C)(C)OC. The van der Waals surface area contributed by atoms with Crippen molar-refractivity contribution in [1.29, 1.82) is 0 Å². The summed E-state index contributed by atoms with van der Waals surface area (Å²) >= 11 is 0. The van der Waals surface area contributed by atoms with Gasteiger partial charge in [-0.3, -0.25) is 4.79 Å². The van der Waals surface area contributed by atoms with Crippen molar-refractivity contribution in [2.45, 2.75) is 32.0 Å². The average Bonchev–Trinajstić information content (AvgIpc) is 2.25. The molecule has 0 aromatic heterocycles. The zero-order valence-electron chi connectivity index (χ0n) is 11.2. The van der Waals surface area contributed by atoms with Gasteiger partial charge >= 0.3 is 5.97 Å². The van der Waals surface area contributed by atoms with Crippen LogP contribution in [-0.4, -0.2) is 53.5 Å². The smallest absolute Gasteiger partial charge is 0.306 e. The molecule has 0 aromatic carbocycles. The standard InChI is InChI=1S/C11H25NO3Si/c1-12(9-7-11(13)14-2)8-6-10-16(4,5)15-3/h6-10H2,1-5H3. The van der Waals surface area contributed by atoms with Crippen molar-refractivity contribution in [1.82, 2.24) is 4.90 Å². The number of carbonyl (C=O) groups is 1. The molecule has 0 amide bonds. The molecule has 0 aliphatic rings. The van der Waals surface area contributed by atoms with E-state index in [1.54, 1.807) is 7.11 Å². The molecule has 0 spiro atoms. The minimum absolute atomic E-state index is 0.140. The van der Waals surface area contributed by atoms with Crippen molar-refractivity contribution in [2.24, 2.45) is 0 Å². The first kappa shape index (κ1) is 15.6. The summed E-state index contributed by atoms with van der Waals surface area (Å²) in [5, 5.41) is 0. The van der Waals surface area contributed by atoms with Gasteiger partial charge in [-0.1, -0.05) is 0 Å². The summed E-state index contributed by atoms with van der Waals surface area (Å²) in [5.41, 5.74) is 0. The normalized spacial score (nSPS) is 11.9. The molecule has 5 heteroatoms. The second kappa shape index (κ2) is 7.81. The maximum absolute atomic E-state index is 10.9. The summed E-state index contributed by atoms with van der Waals surface area (Å²) in [6.45, 7) is 6.22. The Kier molecular flexibility index (Phi) is 7.62. The lowest BCUT2D eigenvalue weighted by molar-refractivity contribution is -0.140. The molecule has 0 atom stereocenters. The molecule has 0 bridgehead atoms. The zero-order valence-corrected chi connectivity index (χ0v) is 12.2. The van der Waals surface area contributed by atoms with E-state index in [-0.39, 0.29) is 5.97 Å². The lowest BCUT2D eigenvalue weighted by Crippen LogP contribution is -2.30. The first-order valence-electron chi connectivity index (χ1n) is 5.72. The Morgan fingerprint density at radius 3 is 2.38 bits per heavy atom. The van der Waals surface area contributed by atoms with Crippen molar-refractivity contribution in [2.75, 3.05) is 34.4 Å². The third-order valence-electron chi connectivity index (χ3n) is 2.80. The first-order valence-corrected chi connectivity index (χ1v) is 8.83.